The van der Waals surface area contributed by atoms with Gasteiger partial charge in [-0.3, -0.25) is 4.79 Å². The van der Waals surface area contributed by atoms with E-state index in [1.54, 1.807) is 18.2 Å². The van der Waals surface area contributed by atoms with Gasteiger partial charge in [-0.25, -0.2) is 8.42 Å². The summed E-state index contributed by atoms with van der Waals surface area (Å²) in [4.78, 5) is 11.8. The molecule has 0 unspecified atom stereocenters. The Morgan fingerprint density at radius 1 is 1.04 bits per heavy atom. The minimum Gasteiger partial charge on any atom is -0.480 e. The van der Waals surface area contributed by atoms with E-state index in [0.717, 1.165) is 21.9 Å². The highest BCUT2D eigenvalue weighted by Gasteiger charge is 2.33. The molecule has 0 spiro atoms. The lowest BCUT2D eigenvalue weighted by Crippen LogP contribution is -2.43. The quantitative estimate of drug-likeness (QED) is 0.835. The molecule has 2 rings (SSSR count). The summed E-state index contributed by atoms with van der Waals surface area (Å²) in [5.41, 5.74) is 1.87. The molecule has 0 bridgehead atoms. The molecule has 6 heteroatoms. The number of hydrogen-bond acceptors (Lipinski definition) is 3. The van der Waals surface area contributed by atoms with Crippen LogP contribution in [0.2, 0.25) is 0 Å². The third-order valence-electron chi connectivity index (χ3n) is 4.06. The van der Waals surface area contributed by atoms with E-state index in [-0.39, 0.29) is 11.3 Å². The van der Waals surface area contributed by atoms with Crippen LogP contribution in [-0.2, 0) is 27.7 Å². The second kappa shape index (κ2) is 7.59. The van der Waals surface area contributed by atoms with E-state index in [9.17, 15) is 18.3 Å². The molecule has 0 aliphatic carbocycles. The fourth-order valence-corrected chi connectivity index (χ4v) is 3.94. The van der Waals surface area contributed by atoms with Crippen LogP contribution >= 0.6 is 0 Å². The minimum atomic E-state index is -3.87. The van der Waals surface area contributed by atoms with Crippen LogP contribution in [0.1, 0.15) is 18.1 Å². The fraction of sp³-hybridized carbons (Fsp3) is 0.278. The van der Waals surface area contributed by atoms with Crippen molar-refractivity contribution in [1.29, 1.82) is 0 Å². The van der Waals surface area contributed by atoms with E-state index < -0.39 is 22.0 Å². The molecule has 0 aliphatic heterocycles. The van der Waals surface area contributed by atoms with E-state index >= 15 is 0 Å². The van der Waals surface area contributed by atoms with Crippen LogP contribution in [0.15, 0.2) is 59.5 Å². The number of likely N-dealkylation sites (N-methyl/N-ethyl adjacent to an activating group) is 1. The molecule has 2 aromatic rings. The highest BCUT2D eigenvalue weighted by Crippen LogP contribution is 2.20. The SMILES string of the molecule is CCc1ccccc1C[C@H](C(=O)O)N(C)S(=O)(=O)c1ccccc1. The number of aryl methyl sites for hydroxylation is 1. The molecule has 24 heavy (non-hydrogen) atoms. The van der Waals surface area contributed by atoms with Crippen molar-refractivity contribution in [3.05, 3.63) is 65.7 Å². The minimum absolute atomic E-state index is 0.0857. The largest absolute Gasteiger partial charge is 0.480 e. The average molecular weight is 347 g/mol. The first-order valence-corrected chi connectivity index (χ1v) is 9.14. The van der Waals surface area contributed by atoms with Gasteiger partial charge in [0.2, 0.25) is 10.0 Å². The van der Waals surface area contributed by atoms with Gasteiger partial charge in [0.05, 0.1) is 4.90 Å². The molecule has 1 atom stereocenters. The van der Waals surface area contributed by atoms with E-state index in [0.29, 0.717) is 0 Å². The van der Waals surface area contributed by atoms with Crippen molar-refractivity contribution in [2.75, 3.05) is 7.05 Å². The molecule has 0 aromatic heterocycles. The van der Waals surface area contributed by atoms with Crippen molar-refractivity contribution in [1.82, 2.24) is 4.31 Å². The molecule has 0 heterocycles. The third kappa shape index (κ3) is 3.83. The first kappa shape index (κ1) is 18.2. The molecule has 0 amide bonds. The first-order chi connectivity index (χ1) is 11.4. The average Bonchev–Trinajstić information content (AvgIpc) is 2.59. The lowest BCUT2D eigenvalue weighted by atomic mass is 9.99. The maximum Gasteiger partial charge on any atom is 0.322 e. The lowest BCUT2D eigenvalue weighted by molar-refractivity contribution is -0.141. The Bertz CT molecular complexity index is 803. The summed E-state index contributed by atoms with van der Waals surface area (Å²) in [7, 11) is -2.56. The number of hydrogen-bond donors (Lipinski definition) is 1. The number of aliphatic carboxylic acids is 1. The molecule has 0 fully saturated rings. The smallest absolute Gasteiger partial charge is 0.322 e. The second-order valence-corrected chi connectivity index (χ2v) is 7.51. The summed E-state index contributed by atoms with van der Waals surface area (Å²) in [5.74, 6) is -1.16. The Kier molecular flexibility index (Phi) is 5.75. The summed E-state index contributed by atoms with van der Waals surface area (Å²) in [6.45, 7) is 1.99. The van der Waals surface area contributed by atoms with Gasteiger partial charge < -0.3 is 5.11 Å². The lowest BCUT2D eigenvalue weighted by Gasteiger charge is -2.25. The molecule has 5 nitrogen and oxygen atoms in total. The highest BCUT2D eigenvalue weighted by atomic mass is 32.2. The summed E-state index contributed by atoms with van der Waals surface area (Å²) in [6, 6.07) is 14.2. The predicted octanol–water partition coefficient (Wildman–Crippen LogP) is 2.57. The zero-order valence-electron chi connectivity index (χ0n) is 13.7. The van der Waals surface area contributed by atoms with Crippen LogP contribution in [0.3, 0.4) is 0 Å². The molecule has 0 saturated heterocycles. The number of carbonyl (C=O) groups is 1. The summed E-state index contributed by atoms with van der Waals surface area (Å²) in [6.07, 6.45) is 0.888. The van der Waals surface area contributed by atoms with Crippen molar-refractivity contribution < 1.29 is 18.3 Å². The van der Waals surface area contributed by atoms with Crippen molar-refractivity contribution in [3.8, 4) is 0 Å². The van der Waals surface area contributed by atoms with E-state index in [1.807, 2.05) is 31.2 Å². The third-order valence-corrected chi connectivity index (χ3v) is 5.94. The number of benzene rings is 2. The van der Waals surface area contributed by atoms with Crippen molar-refractivity contribution in [2.45, 2.75) is 30.7 Å². The topological polar surface area (TPSA) is 74.7 Å². The highest BCUT2D eigenvalue weighted by molar-refractivity contribution is 7.89. The van der Waals surface area contributed by atoms with Crippen LogP contribution in [0.4, 0.5) is 0 Å². The number of nitrogens with zero attached hydrogens (tertiary/aromatic N) is 1. The van der Waals surface area contributed by atoms with Gasteiger partial charge in [-0.05, 0) is 36.1 Å². The molecule has 128 valence electrons. The van der Waals surface area contributed by atoms with Crippen LogP contribution in [0.5, 0.6) is 0 Å². The molecule has 0 saturated carbocycles. The number of carboxylic acids is 1. The van der Waals surface area contributed by atoms with Crippen LogP contribution < -0.4 is 0 Å². The number of carboxylic acid groups (broad SMARTS) is 1. The molecule has 1 N–H and O–H groups in total. The monoisotopic (exact) mass is 347 g/mol. The van der Waals surface area contributed by atoms with Gasteiger partial charge in [-0.1, -0.05) is 49.4 Å². The van der Waals surface area contributed by atoms with Crippen LogP contribution in [0.25, 0.3) is 0 Å². The van der Waals surface area contributed by atoms with Gasteiger partial charge in [0.15, 0.2) is 0 Å². The Labute approximate surface area is 142 Å². The van der Waals surface area contributed by atoms with E-state index in [4.69, 9.17) is 0 Å². The first-order valence-electron chi connectivity index (χ1n) is 7.70. The van der Waals surface area contributed by atoms with Crippen LogP contribution in [-0.4, -0.2) is 36.9 Å². The molecule has 0 radical (unpaired) electrons. The molecule has 2 aromatic carbocycles. The normalized spacial score (nSPS) is 13.0. The predicted molar refractivity (Wildman–Crippen MR) is 92.3 cm³/mol. The van der Waals surface area contributed by atoms with Gasteiger partial charge in [0.25, 0.3) is 0 Å². The standard InChI is InChI=1S/C18H21NO4S/c1-3-14-9-7-8-10-15(14)13-17(18(20)21)19(2)24(22,23)16-11-5-4-6-12-16/h4-12,17H,3,13H2,1-2H3,(H,20,21)/t17-/m1/s1. The van der Waals surface area contributed by atoms with Crippen molar-refractivity contribution in [2.24, 2.45) is 0 Å². The zero-order valence-corrected chi connectivity index (χ0v) is 14.5. The van der Waals surface area contributed by atoms with Gasteiger partial charge >= 0.3 is 5.97 Å². The fourth-order valence-electron chi connectivity index (χ4n) is 2.61. The number of rotatable bonds is 7. The number of sulfonamides is 1. The summed E-state index contributed by atoms with van der Waals surface area (Å²) < 4.78 is 26.3. The van der Waals surface area contributed by atoms with Gasteiger partial charge in [0.1, 0.15) is 6.04 Å². The molecular weight excluding hydrogens is 326 g/mol. The Balaban J connectivity index is 2.35. The van der Waals surface area contributed by atoms with Crippen molar-refractivity contribution >= 4 is 16.0 Å². The van der Waals surface area contributed by atoms with E-state index in [2.05, 4.69) is 0 Å². The van der Waals surface area contributed by atoms with E-state index in [1.165, 1.54) is 19.2 Å². The summed E-state index contributed by atoms with van der Waals surface area (Å²) in [5, 5.41) is 9.57. The zero-order chi connectivity index (χ0) is 17.7. The Morgan fingerprint density at radius 2 is 1.58 bits per heavy atom. The Morgan fingerprint density at radius 3 is 2.12 bits per heavy atom. The van der Waals surface area contributed by atoms with Crippen LogP contribution in [0, 0.1) is 0 Å². The molecular formula is C18H21NO4S. The second-order valence-electron chi connectivity index (χ2n) is 5.51. The maximum atomic E-state index is 12.7. The van der Waals surface area contributed by atoms with Gasteiger partial charge in [-0.15, -0.1) is 0 Å². The molecule has 0 aliphatic rings. The van der Waals surface area contributed by atoms with Gasteiger partial charge in [-0.2, -0.15) is 4.31 Å². The summed E-state index contributed by atoms with van der Waals surface area (Å²) >= 11 is 0. The Hall–Kier alpha value is -2.18. The maximum absolute atomic E-state index is 12.7. The van der Waals surface area contributed by atoms with Gasteiger partial charge in [0, 0.05) is 7.05 Å². The van der Waals surface area contributed by atoms with Crippen molar-refractivity contribution in [3.63, 3.8) is 0 Å².